The molecule has 4 rings (SSSR count). The Labute approximate surface area is 194 Å². The Morgan fingerprint density at radius 3 is 2.36 bits per heavy atom. The number of carbonyl (C=O) groups excluding carboxylic acids is 1. The van der Waals surface area contributed by atoms with Crippen molar-refractivity contribution in [3.05, 3.63) is 107 Å². The summed E-state index contributed by atoms with van der Waals surface area (Å²) in [4.78, 5) is 17.2. The number of nitrogens with zero attached hydrogens (tertiary/aromatic N) is 2. The zero-order chi connectivity index (χ0) is 23.4. The molecule has 0 saturated carbocycles. The minimum atomic E-state index is -0.328. The number of hydrogen-bond donors (Lipinski definition) is 1. The molecule has 0 bridgehead atoms. The van der Waals surface area contributed by atoms with Crippen LogP contribution < -0.4 is 5.32 Å². The molecule has 4 heteroatoms. The molecule has 0 spiro atoms. The predicted molar refractivity (Wildman–Crippen MR) is 133 cm³/mol. The Morgan fingerprint density at radius 1 is 0.879 bits per heavy atom. The number of hydrogen-bond acceptors (Lipinski definition) is 3. The number of amides is 1. The van der Waals surface area contributed by atoms with Gasteiger partial charge >= 0.3 is 0 Å². The van der Waals surface area contributed by atoms with Crippen molar-refractivity contribution in [2.24, 2.45) is 0 Å². The first kappa shape index (κ1) is 22.0. The number of anilines is 1. The van der Waals surface area contributed by atoms with Crippen LogP contribution in [-0.4, -0.2) is 10.9 Å². The summed E-state index contributed by atoms with van der Waals surface area (Å²) in [6.07, 6.45) is 1.80. The van der Waals surface area contributed by atoms with Crippen LogP contribution in [0.5, 0.6) is 0 Å². The fourth-order valence-electron chi connectivity index (χ4n) is 3.87. The van der Waals surface area contributed by atoms with E-state index in [-0.39, 0.29) is 11.8 Å². The molecule has 0 fully saturated rings. The molecular weight excluding hydrogens is 406 g/mol. The molecule has 1 unspecified atom stereocenters. The summed E-state index contributed by atoms with van der Waals surface area (Å²) in [5.41, 5.74) is 8.50. The van der Waals surface area contributed by atoms with Gasteiger partial charge in [0.2, 0.25) is 5.91 Å². The molecule has 4 nitrogen and oxygen atoms in total. The maximum Gasteiger partial charge on any atom is 0.231 e. The first-order chi connectivity index (χ1) is 15.9. The summed E-state index contributed by atoms with van der Waals surface area (Å²) in [5.74, 6) is -0.393. The zero-order valence-corrected chi connectivity index (χ0v) is 19.0. The van der Waals surface area contributed by atoms with Crippen molar-refractivity contribution in [3.8, 4) is 28.3 Å². The van der Waals surface area contributed by atoms with Gasteiger partial charge in [-0.3, -0.25) is 9.78 Å². The Hall–Kier alpha value is -4.23. The number of nitriles is 1. The van der Waals surface area contributed by atoms with Gasteiger partial charge in [-0.15, -0.1) is 0 Å². The van der Waals surface area contributed by atoms with E-state index >= 15 is 0 Å². The molecule has 1 aromatic heterocycles. The van der Waals surface area contributed by atoms with Gasteiger partial charge < -0.3 is 5.32 Å². The van der Waals surface area contributed by atoms with Gasteiger partial charge in [0.1, 0.15) is 0 Å². The molecule has 0 radical (unpaired) electrons. The summed E-state index contributed by atoms with van der Waals surface area (Å²) >= 11 is 0. The SMILES string of the molecule is Cc1cc(-c2cccc(C#N)c2)cc(C(C)C(=O)Nc2ccc(-c3ccnc(C)c3)cc2)c1. The average Bonchev–Trinajstić information content (AvgIpc) is 2.83. The van der Waals surface area contributed by atoms with Crippen LogP contribution >= 0.6 is 0 Å². The largest absolute Gasteiger partial charge is 0.326 e. The monoisotopic (exact) mass is 431 g/mol. The second-order valence-electron chi connectivity index (χ2n) is 8.30. The highest BCUT2D eigenvalue weighted by molar-refractivity contribution is 5.96. The third-order valence-electron chi connectivity index (χ3n) is 5.70. The lowest BCUT2D eigenvalue weighted by molar-refractivity contribution is -0.117. The van der Waals surface area contributed by atoms with E-state index < -0.39 is 0 Å². The topological polar surface area (TPSA) is 65.8 Å². The van der Waals surface area contributed by atoms with E-state index in [4.69, 9.17) is 0 Å². The van der Waals surface area contributed by atoms with Crippen LogP contribution in [0.3, 0.4) is 0 Å². The quantitative estimate of drug-likeness (QED) is 0.385. The first-order valence-electron chi connectivity index (χ1n) is 10.9. The maximum atomic E-state index is 13.0. The van der Waals surface area contributed by atoms with Crippen molar-refractivity contribution < 1.29 is 4.79 Å². The molecule has 1 amide bonds. The van der Waals surface area contributed by atoms with Crippen molar-refractivity contribution in [3.63, 3.8) is 0 Å². The van der Waals surface area contributed by atoms with Crippen molar-refractivity contribution in [1.29, 1.82) is 5.26 Å². The summed E-state index contributed by atoms with van der Waals surface area (Å²) in [6, 6.07) is 27.7. The van der Waals surface area contributed by atoms with E-state index in [1.54, 1.807) is 12.3 Å². The molecular formula is C29H25N3O. The van der Waals surface area contributed by atoms with Crippen molar-refractivity contribution in [2.75, 3.05) is 5.32 Å². The fourth-order valence-corrected chi connectivity index (χ4v) is 3.87. The fraction of sp³-hybridized carbons (Fsp3) is 0.138. The first-order valence-corrected chi connectivity index (χ1v) is 10.9. The molecule has 0 saturated heterocycles. The summed E-state index contributed by atoms with van der Waals surface area (Å²) < 4.78 is 0. The lowest BCUT2D eigenvalue weighted by atomic mass is 9.93. The minimum absolute atomic E-state index is 0.0650. The van der Waals surface area contributed by atoms with Gasteiger partial charge in [-0.2, -0.15) is 5.26 Å². The van der Waals surface area contributed by atoms with Gasteiger partial charge in [-0.1, -0.05) is 48.0 Å². The van der Waals surface area contributed by atoms with E-state index in [0.29, 0.717) is 5.56 Å². The molecule has 0 aliphatic rings. The predicted octanol–water partition coefficient (Wildman–Crippen LogP) is 6.65. The van der Waals surface area contributed by atoms with Crippen LogP contribution in [0.1, 0.15) is 35.2 Å². The molecule has 1 heterocycles. The summed E-state index contributed by atoms with van der Waals surface area (Å²) in [6.45, 7) is 5.90. The number of pyridine rings is 1. The molecule has 1 atom stereocenters. The lowest BCUT2D eigenvalue weighted by Crippen LogP contribution is -2.19. The second-order valence-corrected chi connectivity index (χ2v) is 8.30. The number of rotatable bonds is 5. The third-order valence-corrected chi connectivity index (χ3v) is 5.70. The van der Waals surface area contributed by atoms with E-state index in [2.05, 4.69) is 22.4 Å². The van der Waals surface area contributed by atoms with Crippen LogP contribution in [0.25, 0.3) is 22.3 Å². The van der Waals surface area contributed by atoms with Gasteiger partial charge in [0.05, 0.1) is 17.6 Å². The van der Waals surface area contributed by atoms with E-state index in [1.807, 2.05) is 87.5 Å². The highest BCUT2D eigenvalue weighted by Gasteiger charge is 2.17. The Bertz CT molecular complexity index is 1350. The number of aryl methyl sites for hydroxylation is 2. The maximum absolute atomic E-state index is 13.0. The molecule has 0 aliphatic carbocycles. The normalized spacial score (nSPS) is 11.5. The third kappa shape index (κ3) is 5.16. The van der Waals surface area contributed by atoms with Crippen LogP contribution in [-0.2, 0) is 4.79 Å². The standard InChI is InChI=1S/C29H25N3O/c1-19-13-26(17-27(14-19)24-6-4-5-22(16-24)18-30)21(3)29(33)32-28-9-7-23(8-10-28)25-11-12-31-20(2)15-25/h4-17,21H,1-3H3,(H,32,33). The Kier molecular flexibility index (Phi) is 6.33. The van der Waals surface area contributed by atoms with Gasteiger partial charge in [-0.05, 0) is 85.0 Å². The molecule has 3 aromatic carbocycles. The van der Waals surface area contributed by atoms with Gasteiger partial charge in [0.25, 0.3) is 0 Å². The number of benzene rings is 3. The molecule has 0 aliphatic heterocycles. The Balaban J connectivity index is 1.52. The van der Waals surface area contributed by atoms with Crippen molar-refractivity contribution in [1.82, 2.24) is 4.98 Å². The summed E-state index contributed by atoms with van der Waals surface area (Å²) in [5, 5.41) is 12.2. The molecule has 4 aromatic rings. The average molecular weight is 432 g/mol. The van der Waals surface area contributed by atoms with Crippen LogP contribution in [0.2, 0.25) is 0 Å². The van der Waals surface area contributed by atoms with E-state index in [1.165, 1.54) is 0 Å². The highest BCUT2D eigenvalue weighted by Crippen LogP contribution is 2.28. The Morgan fingerprint density at radius 2 is 1.64 bits per heavy atom. The highest BCUT2D eigenvalue weighted by atomic mass is 16.1. The second kappa shape index (κ2) is 9.50. The number of nitrogens with one attached hydrogen (secondary N) is 1. The van der Waals surface area contributed by atoms with Crippen molar-refractivity contribution in [2.45, 2.75) is 26.7 Å². The minimum Gasteiger partial charge on any atom is -0.326 e. The van der Waals surface area contributed by atoms with Crippen LogP contribution in [0, 0.1) is 25.2 Å². The van der Waals surface area contributed by atoms with E-state index in [0.717, 1.165) is 44.8 Å². The van der Waals surface area contributed by atoms with Gasteiger partial charge in [0, 0.05) is 17.6 Å². The van der Waals surface area contributed by atoms with Crippen LogP contribution in [0.4, 0.5) is 5.69 Å². The van der Waals surface area contributed by atoms with Crippen LogP contribution in [0.15, 0.2) is 85.1 Å². The van der Waals surface area contributed by atoms with Crippen molar-refractivity contribution >= 4 is 11.6 Å². The van der Waals surface area contributed by atoms with E-state index in [9.17, 15) is 10.1 Å². The number of carbonyl (C=O) groups is 1. The molecule has 1 N–H and O–H groups in total. The van der Waals surface area contributed by atoms with Gasteiger partial charge in [0.15, 0.2) is 0 Å². The smallest absolute Gasteiger partial charge is 0.231 e. The van der Waals surface area contributed by atoms with Gasteiger partial charge in [-0.25, -0.2) is 0 Å². The number of aromatic nitrogens is 1. The summed E-state index contributed by atoms with van der Waals surface area (Å²) in [7, 11) is 0. The molecule has 33 heavy (non-hydrogen) atoms. The lowest BCUT2D eigenvalue weighted by Gasteiger charge is -2.15. The zero-order valence-electron chi connectivity index (χ0n) is 19.0. The molecule has 162 valence electrons.